The van der Waals surface area contributed by atoms with E-state index in [0.29, 0.717) is 0 Å². The molecule has 2 aliphatic heterocycles. The van der Waals surface area contributed by atoms with Gasteiger partial charge in [0.2, 0.25) is 0 Å². The van der Waals surface area contributed by atoms with E-state index in [0.717, 1.165) is 57.7 Å². The molecule has 1 unspecified atom stereocenters. The molecule has 2 aromatic rings. The summed E-state index contributed by atoms with van der Waals surface area (Å²) in [7, 11) is 0. The largest absolute Gasteiger partial charge is 0.492 e. The Morgan fingerprint density at radius 2 is 2.07 bits per heavy atom. The summed E-state index contributed by atoms with van der Waals surface area (Å²) in [6, 6.07) is 6.39. The van der Waals surface area contributed by atoms with Crippen molar-refractivity contribution in [1.29, 1.82) is 0 Å². The maximum atomic E-state index is 6.36. The monoisotopic (exact) mass is 398 g/mol. The molecule has 1 N–H and O–H groups in total. The fourth-order valence-electron chi connectivity index (χ4n) is 5.48. The summed E-state index contributed by atoms with van der Waals surface area (Å²) in [6.45, 7) is 3.61. The van der Waals surface area contributed by atoms with E-state index in [-0.39, 0.29) is 11.0 Å². The van der Waals surface area contributed by atoms with Gasteiger partial charge < -0.3 is 14.8 Å². The Morgan fingerprint density at radius 1 is 1.14 bits per heavy atom. The topological polar surface area (TPSA) is 43.4 Å². The molecule has 28 heavy (non-hydrogen) atoms. The van der Waals surface area contributed by atoms with Crippen LogP contribution >= 0.6 is 11.3 Å². The lowest BCUT2D eigenvalue weighted by atomic mass is 9.68. The van der Waals surface area contributed by atoms with E-state index in [1.165, 1.54) is 41.8 Å². The molecule has 0 aromatic carbocycles. The molecule has 1 atom stereocenters. The van der Waals surface area contributed by atoms with Crippen LogP contribution in [0.2, 0.25) is 0 Å². The lowest BCUT2D eigenvalue weighted by Gasteiger charge is -2.46. The van der Waals surface area contributed by atoms with Crippen molar-refractivity contribution in [2.45, 2.75) is 68.9 Å². The molecule has 150 valence electrons. The predicted molar refractivity (Wildman–Crippen MR) is 112 cm³/mol. The third-order valence-corrected chi connectivity index (χ3v) is 7.96. The van der Waals surface area contributed by atoms with Gasteiger partial charge in [0.25, 0.3) is 0 Å². The molecule has 1 aliphatic carbocycles. The van der Waals surface area contributed by atoms with E-state index in [9.17, 15) is 0 Å². The zero-order valence-electron chi connectivity index (χ0n) is 16.5. The summed E-state index contributed by atoms with van der Waals surface area (Å²) in [4.78, 5) is 6.15. The highest BCUT2D eigenvalue weighted by Gasteiger charge is 2.48. The van der Waals surface area contributed by atoms with Crippen molar-refractivity contribution in [3.05, 3.63) is 45.9 Å². The van der Waals surface area contributed by atoms with E-state index in [4.69, 9.17) is 14.5 Å². The molecule has 0 amide bonds. The van der Waals surface area contributed by atoms with Crippen molar-refractivity contribution in [3.63, 3.8) is 0 Å². The van der Waals surface area contributed by atoms with Gasteiger partial charge in [0.15, 0.2) is 0 Å². The van der Waals surface area contributed by atoms with E-state index in [1.807, 2.05) is 23.6 Å². The molecule has 0 bridgehead atoms. The molecule has 2 fully saturated rings. The van der Waals surface area contributed by atoms with Crippen LogP contribution in [0.1, 0.15) is 61.1 Å². The van der Waals surface area contributed by atoms with Gasteiger partial charge in [0, 0.05) is 42.4 Å². The molecule has 1 spiro atoms. The second kappa shape index (κ2) is 7.77. The number of thiophene rings is 1. The Bertz CT molecular complexity index is 800. The number of hydrogen-bond acceptors (Lipinski definition) is 5. The van der Waals surface area contributed by atoms with Crippen LogP contribution in [-0.2, 0) is 23.1 Å². The fourth-order valence-corrected chi connectivity index (χ4v) is 6.48. The van der Waals surface area contributed by atoms with Crippen molar-refractivity contribution in [3.8, 4) is 5.75 Å². The average Bonchev–Trinajstić information content (AvgIpc) is 3.45. The van der Waals surface area contributed by atoms with Gasteiger partial charge in [-0.2, -0.15) is 0 Å². The van der Waals surface area contributed by atoms with Gasteiger partial charge in [-0.15, -0.1) is 11.3 Å². The summed E-state index contributed by atoms with van der Waals surface area (Å²) in [5.41, 5.74) is 2.87. The van der Waals surface area contributed by atoms with E-state index in [1.54, 1.807) is 0 Å². The summed E-state index contributed by atoms with van der Waals surface area (Å²) in [5.74, 6) is 1.15. The third kappa shape index (κ3) is 3.49. The molecule has 5 rings (SSSR count). The van der Waals surface area contributed by atoms with Gasteiger partial charge >= 0.3 is 0 Å². The minimum atomic E-state index is 0.0954. The van der Waals surface area contributed by atoms with E-state index >= 15 is 0 Å². The molecule has 0 radical (unpaired) electrons. The number of rotatable bonds is 6. The average molecular weight is 399 g/mol. The smallest absolute Gasteiger partial charge is 0.137 e. The van der Waals surface area contributed by atoms with Crippen LogP contribution in [0.15, 0.2) is 29.8 Å². The molecule has 5 heteroatoms. The molecular formula is C23H30N2O2S. The first-order valence-corrected chi connectivity index (χ1v) is 11.6. The Balaban J connectivity index is 1.28. The summed E-state index contributed by atoms with van der Waals surface area (Å²) < 4.78 is 12.2. The molecular weight excluding hydrogens is 368 g/mol. The number of ether oxygens (including phenoxy) is 2. The number of nitrogens with zero attached hydrogens (tertiary/aromatic N) is 1. The summed E-state index contributed by atoms with van der Waals surface area (Å²) in [6.07, 6.45) is 11.4. The lowest BCUT2D eigenvalue weighted by molar-refractivity contribution is -0.104. The van der Waals surface area contributed by atoms with Gasteiger partial charge in [-0.05, 0) is 56.2 Å². The minimum absolute atomic E-state index is 0.0954. The Morgan fingerprint density at radius 3 is 2.93 bits per heavy atom. The second-order valence-electron chi connectivity index (χ2n) is 8.70. The number of nitrogens with one attached hydrogen (secondary N) is 1. The van der Waals surface area contributed by atoms with E-state index in [2.05, 4.69) is 22.8 Å². The predicted octanol–water partition coefficient (Wildman–Crippen LogP) is 4.62. The quantitative estimate of drug-likeness (QED) is 0.721. The lowest BCUT2D eigenvalue weighted by Crippen LogP contribution is -2.47. The first kappa shape index (κ1) is 18.6. The van der Waals surface area contributed by atoms with Crippen LogP contribution < -0.4 is 10.1 Å². The maximum absolute atomic E-state index is 6.36. The van der Waals surface area contributed by atoms with Gasteiger partial charge in [-0.3, -0.25) is 4.98 Å². The first-order chi connectivity index (χ1) is 13.8. The zero-order valence-corrected chi connectivity index (χ0v) is 17.4. The van der Waals surface area contributed by atoms with Crippen LogP contribution in [0.5, 0.6) is 5.75 Å². The van der Waals surface area contributed by atoms with Gasteiger partial charge in [-0.1, -0.05) is 18.9 Å². The maximum Gasteiger partial charge on any atom is 0.137 e. The van der Waals surface area contributed by atoms with Crippen molar-refractivity contribution < 1.29 is 9.47 Å². The number of pyridine rings is 1. The highest BCUT2D eigenvalue weighted by Crippen LogP contribution is 2.49. The third-order valence-electron chi connectivity index (χ3n) is 6.94. The number of hydrogen-bond donors (Lipinski definition) is 1. The SMILES string of the molecule is c1ccc(C2(CCNCc3scc4c3OCC4)CCOC3(CCCC3)C2)nc1. The Hall–Kier alpha value is -1.43. The minimum Gasteiger partial charge on any atom is -0.492 e. The standard InChI is InChI=1S/C23H30N2O2S/c1-4-11-25-20(5-1)22(10-14-27-23(17-22)7-2-3-8-23)9-12-24-15-19-21-18(16-28-19)6-13-26-21/h1,4-5,11,16,24H,2-3,6-10,12-15,17H2. The zero-order chi connectivity index (χ0) is 18.9. The fraction of sp³-hybridized carbons (Fsp3) is 0.609. The van der Waals surface area contributed by atoms with Crippen LogP contribution in [0, 0.1) is 0 Å². The van der Waals surface area contributed by atoms with Crippen LogP contribution in [-0.4, -0.2) is 30.3 Å². The molecule has 2 aromatic heterocycles. The van der Waals surface area contributed by atoms with Crippen molar-refractivity contribution in [2.75, 3.05) is 19.8 Å². The van der Waals surface area contributed by atoms with Crippen LogP contribution in [0.25, 0.3) is 0 Å². The highest BCUT2D eigenvalue weighted by atomic mass is 32.1. The Labute approximate surface area is 171 Å². The number of fused-ring (bicyclic) bond motifs is 1. The second-order valence-corrected chi connectivity index (χ2v) is 9.66. The van der Waals surface area contributed by atoms with Crippen molar-refractivity contribution in [1.82, 2.24) is 10.3 Å². The van der Waals surface area contributed by atoms with Crippen molar-refractivity contribution >= 4 is 11.3 Å². The highest BCUT2D eigenvalue weighted by molar-refractivity contribution is 7.10. The van der Waals surface area contributed by atoms with Gasteiger partial charge in [0.05, 0.1) is 17.1 Å². The van der Waals surface area contributed by atoms with Gasteiger partial charge in [-0.25, -0.2) is 0 Å². The normalized spacial score (nSPS) is 25.7. The van der Waals surface area contributed by atoms with Crippen molar-refractivity contribution in [2.24, 2.45) is 0 Å². The van der Waals surface area contributed by atoms with Gasteiger partial charge in [0.1, 0.15) is 5.75 Å². The molecule has 4 nitrogen and oxygen atoms in total. The number of aromatic nitrogens is 1. The van der Waals surface area contributed by atoms with Crippen LogP contribution in [0.3, 0.4) is 0 Å². The summed E-state index contributed by atoms with van der Waals surface area (Å²) in [5, 5.41) is 5.96. The molecule has 3 aliphatic rings. The molecule has 1 saturated heterocycles. The first-order valence-electron chi connectivity index (χ1n) is 10.8. The van der Waals surface area contributed by atoms with E-state index < -0.39 is 0 Å². The molecule has 1 saturated carbocycles. The van der Waals surface area contributed by atoms with Crippen LogP contribution in [0.4, 0.5) is 0 Å². The Kier molecular flexibility index (Phi) is 5.16. The molecule has 4 heterocycles. The summed E-state index contributed by atoms with van der Waals surface area (Å²) >= 11 is 1.83.